The van der Waals surface area contributed by atoms with E-state index >= 15 is 0 Å². The Morgan fingerprint density at radius 1 is 1.37 bits per heavy atom. The first-order chi connectivity index (χ1) is 9.20. The Bertz CT molecular complexity index is 510. The summed E-state index contributed by atoms with van der Waals surface area (Å²) in [6, 6.07) is 9.53. The zero-order chi connectivity index (χ0) is 13.5. The Morgan fingerprint density at radius 2 is 2.11 bits per heavy atom. The molecule has 19 heavy (non-hydrogen) atoms. The van der Waals surface area contributed by atoms with Crippen molar-refractivity contribution in [2.24, 2.45) is 11.8 Å². The highest BCUT2D eigenvalue weighted by Crippen LogP contribution is 2.58. The SMILES string of the molecule is CCOC(=O)[C@@H]1CC[C@@H]2C(=O)O[C@]21c1ccccc1. The van der Waals surface area contributed by atoms with Crippen molar-refractivity contribution in [3.8, 4) is 0 Å². The summed E-state index contributed by atoms with van der Waals surface area (Å²) < 4.78 is 10.6. The lowest BCUT2D eigenvalue weighted by Gasteiger charge is -2.46. The number of hydrogen-bond donors (Lipinski definition) is 0. The van der Waals surface area contributed by atoms with Crippen molar-refractivity contribution >= 4 is 11.9 Å². The van der Waals surface area contributed by atoms with Gasteiger partial charge in [0.25, 0.3) is 0 Å². The van der Waals surface area contributed by atoms with Crippen LogP contribution >= 0.6 is 0 Å². The lowest BCUT2D eigenvalue weighted by molar-refractivity contribution is -0.221. The van der Waals surface area contributed by atoms with Gasteiger partial charge in [0.1, 0.15) is 11.8 Å². The highest BCUT2D eigenvalue weighted by molar-refractivity contribution is 5.87. The third kappa shape index (κ3) is 1.59. The van der Waals surface area contributed by atoms with E-state index in [2.05, 4.69) is 0 Å². The van der Waals surface area contributed by atoms with Gasteiger partial charge in [0.05, 0.1) is 6.61 Å². The van der Waals surface area contributed by atoms with Gasteiger partial charge in [0.15, 0.2) is 5.60 Å². The van der Waals surface area contributed by atoms with Crippen LogP contribution in [0.5, 0.6) is 0 Å². The summed E-state index contributed by atoms with van der Waals surface area (Å²) in [5.74, 6) is -1.04. The Balaban J connectivity index is 1.99. The maximum atomic E-state index is 12.1. The lowest BCUT2D eigenvalue weighted by Crippen LogP contribution is -2.56. The van der Waals surface area contributed by atoms with Crippen molar-refractivity contribution in [3.63, 3.8) is 0 Å². The summed E-state index contributed by atoms with van der Waals surface area (Å²) in [4.78, 5) is 23.7. The molecule has 1 aliphatic heterocycles. The summed E-state index contributed by atoms with van der Waals surface area (Å²) in [6.45, 7) is 2.13. The Labute approximate surface area is 111 Å². The van der Waals surface area contributed by atoms with Crippen LogP contribution in [0.15, 0.2) is 30.3 Å². The van der Waals surface area contributed by atoms with Crippen molar-refractivity contribution in [2.45, 2.75) is 25.4 Å². The first kappa shape index (κ1) is 12.2. The van der Waals surface area contributed by atoms with Gasteiger partial charge in [0.2, 0.25) is 0 Å². The molecule has 0 spiro atoms. The molecule has 1 heterocycles. The Morgan fingerprint density at radius 3 is 2.74 bits per heavy atom. The number of fused-ring (bicyclic) bond motifs is 1. The molecule has 4 heteroatoms. The predicted molar refractivity (Wildman–Crippen MR) is 67.1 cm³/mol. The quantitative estimate of drug-likeness (QED) is 0.780. The van der Waals surface area contributed by atoms with Crippen LogP contribution in [0, 0.1) is 11.8 Å². The molecular formula is C15H16O4. The first-order valence-corrected chi connectivity index (χ1v) is 6.65. The molecule has 0 radical (unpaired) electrons. The summed E-state index contributed by atoms with van der Waals surface area (Å²) in [7, 11) is 0. The van der Waals surface area contributed by atoms with E-state index in [9.17, 15) is 9.59 Å². The molecule has 0 bridgehead atoms. The van der Waals surface area contributed by atoms with Crippen molar-refractivity contribution in [3.05, 3.63) is 35.9 Å². The molecule has 0 aromatic heterocycles. The largest absolute Gasteiger partial charge is 0.466 e. The van der Waals surface area contributed by atoms with E-state index in [1.54, 1.807) is 6.92 Å². The molecule has 1 aromatic carbocycles. The van der Waals surface area contributed by atoms with Gasteiger partial charge < -0.3 is 9.47 Å². The Kier molecular flexibility index (Phi) is 2.81. The molecule has 1 saturated heterocycles. The second kappa shape index (κ2) is 4.37. The van der Waals surface area contributed by atoms with Gasteiger partial charge in [-0.05, 0) is 25.3 Å². The average Bonchev–Trinajstić information content (AvgIpc) is 2.73. The minimum absolute atomic E-state index is 0.198. The van der Waals surface area contributed by atoms with Gasteiger partial charge >= 0.3 is 11.9 Å². The molecule has 0 amide bonds. The molecule has 0 N–H and O–H groups in total. The van der Waals surface area contributed by atoms with Crippen LogP contribution in [0.25, 0.3) is 0 Å². The van der Waals surface area contributed by atoms with Crippen molar-refractivity contribution < 1.29 is 19.1 Å². The van der Waals surface area contributed by atoms with E-state index in [4.69, 9.17) is 9.47 Å². The van der Waals surface area contributed by atoms with Crippen LogP contribution in [0.3, 0.4) is 0 Å². The Hall–Kier alpha value is -1.84. The van der Waals surface area contributed by atoms with Crippen LogP contribution in [-0.2, 0) is 24.7 Å². The summed E-state index contributed by atoms with van der Waals surface area (Å²) in [6.07, 6.45) is 1.33. The van der Waals surface area contributed by atoms with Crippen LogP contribution in [0.2, 0.25) is 0 Å². The third-order valence-corrected chi connectivity index (χ3v) is 4.13. The molecule has 1 aromatic rings. The summed E-state index contributed by atoms with van der Waals surface area (Å²) in [5, 5.41) is 0. The number of rotatable bonds is 3. The van der Waals surface area contributed by atoms with Gasteiger partial charge in [-0.25, -0.2) is 0 Å². The molecule has 0 unspecified atom stereocenters. The topological polar surface area (TPSA) is 52.6 Å². The van der Waals surface area contributed by atoms with E-state index in [1.165, 1.54) is 0 Å². The second-order valence-corrected chi connectivity index (χ2v) is 5.01. The molecule has 4 nitrogen and oxygen atoms in total. The number of carbonyl (C=O) groups is 2. The summed E-state index contributed by atoms with van der Waals surface area (Å²) >= 11 is 0. The monoisotopic (exact) mass is 260 g/mol. The van der Waals surface area contributed by atoms with E-state index in [1.807, 2.05) is 30.3 Å². The normalized spacial score (nSPS) is 32.2. The van der Waals surface area contributed by atoms with Crippen LogP contribution in [0.1, 0.15) is 25.3 Å². The predicted octanol–water partition coefficient (Wildman–Crippen LogP) is 2.03. The average molecular weight is 260 g/mol. The fraction of sp³-hybridized carbons (Fsp3) is 0.467. The number of benzene rings is 1. The fourth-order valence-electron chi connectivity index (χ4n) is 3.32. The number of hydrogen-bond acceptors (Lipinski definition) is 4. The minimum Gasteiger partial charge on any atom is -0.466 e. The molecule has 100 valence electrons. The van der Waals surface area contributed by atoms with Crippen LogP contribution in [-0.4, -0.2) is 18.5 Å². The van der Waals surface area contributed by atoms with E-state index in [0.29, 0.717) is 19.4 Å². The third-order valence-electron chi connectivity index (χ3n) is 4.13. The van der Waals surface area contributed by atoms with Gasteiger partial charge in [-0.2, -0.15) is 0 Å². The second-order valence-electron chi connectivity index (χ2n) is 5.01. The summed E-state index contributed by atoms with van der Waals surface area (Å²) in [5.41, 5.74) is 0.111. The number of esters is 2. The van der Waals surface area contributed by atoms with Crippen LogP contribution in [0.4, 0.5) is 0 Å². The lowest BCUT2D eigenvalue weighted by atomic mass is 9.74. The molecule has 1 aliphatic carbocycles. The van der Waals surface area contributed by atoms with Gasteiger partial charge in [-0.15, -0.1) is 0 Å². The molecule has 1 saturated carbocycles. The smallest absolute Gasteiger partial charge is 0.314 e. The first-order valence-electron chi connectivity index (χ1n) is 6.65. The molecule has 3 rings (SSSR count). The minimum atomic E-state index is -0.787. The van der Waals surface area contributed by atoms with Crippen LogP contribution < -0.4 is 0 Å². The van der Waals surface area contributed by atoms with Crippen molar-refractivity contribution in [2.75, 3.05) is 6.61 Å². The maximum Gasteiger partial charge on any atom is 0.314 e. The molecule has 3 atom stereocenters. The van der Waals surface area contributed by atoms with Gasteiger partial charge in [0, 0.05) is 0 Å². The zero-order valence-corrected chi connectivity index (χ0v) is 10.8. The van der Waals surface area contributed by atoms with Crippen molar-refractivity contribution in [1.82, 2.24) is 0 Å². The number of carbonyl (C=O) groups excluding carboxylic acids is 2. The van der Waals surface area contributed by atoms with E-state index in [0.717, 1.165) is 5.56 Å². The van der Waals surface area contributed by atoms with Crippen molar-refractivity contribution in [1.29, 1.82) is 0 Å². The molecule has 2 aliphatic rings. The standard InChI is InChI=1S/C15H16O4/c1-2-18-13(16)11-8-9-12-14(17)19-15(11,12)10-6-4-3-5-7-10/h3-7,11-12H,2,8-9H2,1H3/t11-,12+,15-/m0/s1. The zero-order valence-electron chi connectivity index (χ0n) is 10.8. The molecular weight excluding hydrogens is 244 g/mol. The molecule has 2 fully saturated rings. The fourth-order valence-corrected chi connectivity index (χ4v) is 3.32. The highest BCUT2D eigenvalue weighted by atomic mass is 16.6. The van der Waals surface area contributed by atoms with Gasteiger partial charge in [-0.1, -0.05) is 30.3 Å². The highest BCUT2D eigenvalue weighted by Gasteiger charge is 2.67. The van der Waals surface area contributed by atoms with E-state index in [-0.39, 0.29) is 23.8 Å². The maximum absolute atomic E-state index is 12.1. The van der Waals surface area contributed by atoms with Gasteiger partial charge in [-0.3, -0.25) is 9.59 Å². The van der Waals surface area contributed by atoms with E-state index < -0.39 is 5.60 Å². The number of ether oxygens (including phenoxy) is 2.